The summed E-state index contributed by atoms with van der Waals surface area (Å²) in [5.74, 6) is -1.72. The van der Waals surface area contributed by atoms with E-state index in [1.54, 1.807) is 6.07 Å². The van der Waals surface area contributed by atoms with Crippen molar-refractivity contribution in [1.82, 2.24) is 0 Å². The van der Waals surface area contributed by atoms with Gasteiger partial charge in [-0.25, -0.2) is 9.59 Å². The Balaban J connectivity index is 2.57. The minimum atomic E-state index is -1.47. The van der Waals surface area contributed by atoms with Crippen LogP contribution in [0.25, 0.3) is 0 Å². The first-order valence-electron chi connectivity index (χ1n) is 5.10. The number of hydrogen-bond acceptors (Lipinski definition) is 3. The van der Waals surface area contributed by atoms with Crippen LogP contribution in [-0.2, 0) is 16.0 Å². The van der Waals surface area contributed by atoms with Crippen LogP contribution in [0.4, 0.5) is 0 Å². The SMILES string of the molecule is Cc1ccc2c(c1Br)C(=O)OC(C)(C(=O)O)C2. The van der Waals surface area contributed by atoms with Gasteiger partial charge in [0.25, 0.3) is 0 Å². The lowest BCUT2D eigenvalue weighted by Crippen LogP contribution is -2.46. The first kappa shape index (κ1) is 12.1. The van der Waals surface area contributed by atoms with Crippen LogP contribution in [0.1, 0.15) is 28.4 Å². The topological polar surface area (TPSA) is 63.6 Å². The van der Waals surface area contributed by atoms with Crippen molar-refractivity contribution in [3.63, 3.8) is 0 Å². The van der Waals surface area contributed by atoms with Crippen LogP contribution in [0.3, 0.4) is 0 Å². The normalized spacial score (nSPS) is 22.9. The molecular formula is C12H11BrO4. The number of carboxylic acids is 1. The summed E-state index contributed by atoms with van der Waals surface area (Å²) in [4.78, 5) is 23.0. The largest absolute Gasteiger partial charge is 0.478 e. The number of halogens is 1. The number of hydrogen-bond donors (Lipinski definition) is 1. The Bertz CT molecular complexity index is 523. The summed E-state index contributed by atoms with van der Waals surface area (Å²) in [7, 11) is 0. The third-order valence-electron chi connectivity index (χ3n) is 2.92. The highest BCUT2D eigenvalue weighted by atomic mass is 79.9. The number of cyclic esters (lactones) is 1. The fourth-order valence-electron chi connectivity index (χ4n) is 1.86. The predicted molar refractivity (Wildman–Crippen MR) is 64.0 cm³/mol. The number of aliphatic carboxylic acids is 1. The number of rotatable bonds is 1. The van der Waals surface area contributed by atoms with E-state index in [4.69, 9.17) is 9.84 Å². The van der Waals surface area contributed by atoms with Crippen molar-refractivity contribution in [2.75, 3.05) is 0 Å². The molecule has 1 aromatic rings. The summed E-state index contributed by atoms with van der Waals surface area (Å²) < 4.78 is 5.70. The lowest BCUT2D eigenvalue weighted by Gasteiger charge is -2.31. The molecule has 0 saturated heterocycles. The molecule has 17 heavy (non-hydrogen) atoms. The molecule has 0 bridgehead atoms. The molecule has 2 rings (SSSR count). The Morgan fingerprint density at radius 2 is 2.18 bits per heavy atom. The van der Waals surface area contributed by atoms with E-state index in [0.29, 0.717) is 15.6 Å². The fraction of sp³-hybridized carbons (Fsp3) is 0.333. The third-order valence-corrected chi connectivity index (χ3v) is 3.95. The molecule has 1 aliphatic heterocycles. The predicted octanol–water partition coefficient (Wildman–Crippen LogP) is 2.31. The number of ether oxygens (including phenoxy) is 1. The summed E-state index contributed by atoms with van der Waals surface area (Å²) in [5, 5.41) is 9.08. The third kappa shape index (κ3) is 1.84. The molecule has 0 fully saturated rings. The summed E-state index contributed by atoms with van der Waals surface area (Å²) in [6.07, 6.45) is 0.183. The van der Waals surface area contributed by atoms with Crippen molar-refractivity contribution >= 4 is 27.9 Å². The van der Waals surface area contributed by atoms with E-state index in [2.05, 4.69) is 15.9 Å². The number of carbonyl (C=O) groups excluding carboxylic acids is 1. The zero-order valence-corrected chi connectivity index (χ0v) is 11.0. The summed E-state index contributed by atoms with van der Waals surface area (Å²) in [5.41, 5.74) is 0.575. The number of benzene rings is 1. The molecule has 1 aromatic carbocycles. The molecule has 0 amide bonds. The van der Waals surface area contributed by atoms with Crippen molar-refractivity contribution in [3.05, 3.63) is 33.3 Å². The van der Waals surface area contributed by atoms with Crippen LogP contribution in [0, 0.1) is 6.92 Å². The minimum absolute atomic E-state index is 0.183. The number of carboxylic acid groups (broad SMARTS) is 1. The highest BCUT2D eigenvalue weighted by Crippen LogP contribution is 2.34. The van der Waals surface area contributed by atoms with Crippen LogP contribution in [0.2, 0.25) is 0 Å². The van der Waals surface area contributed by atoms with E-state index < -0.39 is 17.5 Å². The quantitative estimate of drug-likeness (QED) is 0.808. The van der Waals surface area contributed by atoms with E-state index in [9.17, 15) is 9.59 Å². The lowest BCUT2D eigenvalue weighted by atomic mass is 9.89. The minimum Gasteiger partial charge on any atom is -0.478 e. The van der Waals surface area contributed by atoms with E-state index in [-0.39, 0.29) is 6.42 Å². The van der Waals surface area contributed by atoms with Gasteiger partial charge in [-0.1, -0.05) is 12.1 Å². The average molecular weight is 299 g/mol. The van der Waals surface area contributed by atoms with Gasteiger partial charge in [0.1, 0.15) is 0 Å². The highest BCUT2D eigenvalue weighted by Gasteiger charge is 2.43. The zero-order valence-electron chi connectivity index (χ0n) is 9.41. The number of esters is 1. The van der Waals surface area contributed by atoms with Crippen molar-refractivity contribution in [3.8, 4) is 0 Å². The second-order valence-corrected chi connectivity index (χ2v) is 5.13. The molecule has 1 atom stereocenters. The van der Waals surface area contributed by atoms with Gasteiger partial charge >= 0.3 is 11.9 Å². The van der Waals surface area contributed by atoms with E-state index >= 15 is 0 Å². The second-order valence-electron chi connectivity index (χ2n) is 4.33. The van der Waals surface area contributed by atoms with Gasteiger partial charge in [0, 0.05) is 10.9 Å². The van der Waals surface area contributed by atoms with Crippen LogP contribution in [0.5, 0.6) is 0 Å². The molecule has 1 heterocycles. The molecule has 0 aliphatic carbocycles. The second kappa shape index (κ2) is 3.84. The fourth-order valence-corrected chi connectivity index (χ4v) is 2.41. The monoisotopic (exact) mass is 298 g/mol. The Hall–Kier alpha value is -1.36. The first-order valence-corrected chi connectivity index (χ1v) is 5.89. The molecule has 0 aromatic heterocycles. The molecule has 0 saturated carbocycles. The Morgan fingerprint density at radius 1 is 1.53 bits per heavy atom. The molecule has 0 radical (unpaired) electrons. The van der Waals surface area contributed by atoms with Gasteiger partial charge in [-0.3, -0.25) is 0 Å². The standard InChI is InChI=1S/C12H11BrO4/c1-6-3-4-7-5-12(2,11(15)16)17-10(14)8(7)9(6)13/h3-4H,5H2,1-2H3,(H,15,16). The maximum absolute atomic E-state index is 11.9. The highest BCUT2D eigenvalue weighted by molar-refractivity contribution is 9.10. The van der Waals surface area contributed by atoms with Crippen LogP contribution in [0.15, 0.2) is 16.6 Å². The average Bonchev–Trinajstić information content (AvgIpc) is 2.22. The van der Waals surface area contributed by atoms with Gasteiger partial charge in [-0.05, 0) is 40.9 Å². The summed E-state index contributed by atoms with van der Waals surface area (Å²) in [6, 6.07) is 3.63. The summed E-state index contributed by atoms with van der Waals surface area (Å²) in [6.45, 7) is 3.27. The van der Waals surface area contributed by atoms with Crippen LogP contribution in [-0.4, -0.2) is 22.6 Å². The first-order chi connectivity index (χ1) is 7.85. The maximum Gasteiger partial charge on any atom is 0.348 e. The van der Waals surface area contributed by atoms with Crippen LogP contribution < -0.4 is 0 Å². The van der Waals surface area contributed by atoms with Crippen molar-refractivity contribution < 1.29 is 19.4 Å². The zero-order chi connectivity index (χ0) is 12.8. The van der Waals surface area contributed by atoms with E-state index in [1.165, 1.54) is 6.92 Å². The van der Waals surface area contributed by atoms with Crippen molar-refractivity contribution in [2.45, 2.75) is 25.9 Å². The molecular weight excluding hydrogens is 288 g/mol. The Labute approximate surface area is 107 Å². The molecule has 1 unspecified atom stereocenters. The molecule has 4 nitrogen and oxygen atoms in total. The van der Waals surface area contributed by atoms with Crippen LogP contribution >= 0.6 is 15.9 Å². The van der Waals surface area contributed by atoms with Gasteiger partial charge < -0.3 is 9.84 Å². The number of aryl methyl sites for hydroxylation is 1. The summed E-state index contributed by atoms with van der Waals surface area (Å²) >= 11 is 3.33. The van der Waals surface area contributed by atoms with Gasteiger partial charge in [0.15, 0.2) is 0 Å². The molecule has 1 N–H and O–H groups in total. The van der Waals surface area contributed by atoms with E-state index in [1.807, 2.05) is 13.0 Å². The van der Waals surface area contributed by atoms with E-state index in [0.717, 1.165) is 5.56 Å². The molecule has 1 aliphatic rings. The molecule has 90 valence electrons. The Morgan fingerprint density at radius 3 is 2.76 bits per heavy atom. The van der Waals surface area contributed by atoms with Crippen molar-refractivity contribution in [1.29, 1.82) is 0 Å². The smallest absolute Gasteiger partial charge is 0.348 e. The Kier molecular flexibility index (Phi) is 2.73. The maximum atomic E-state index is 11.9. The lowest BCUT2D eigenvalue weighted by molar-refractivity contribution is -0.158. The van der Waals surface area contributed by atoms with Crippen molar-refractivity contribution in [2.24, 2.45) is 0 Å². The number of fused-ring (bicyclic) bond motifs is 1. The van der Waals surface area contributed by atoms with Gasteiger partial charge in [0.05, 0.1) is 5.56 Å². The van der Waals surface area contributed by atoms with Gasteiger partial charge in [-0.15, -0.1) is 0 Å². The molecule has 5 heteroatoms. The number of carbonyl (C=O) groups is 2. The molecule has 0 spiro atoms. The van der Waals surface area contributed by atoms with Gasteiger partial charge in [0.2, 0.25) is 5.60 Å². The van der Waals surface area contributed by atoms with Gasteiger partial charge in [-0.2, -0.15) is 0 Å².